The number of rotatable bonds is 7. The van der Waals surface area contributed by atoms with E-state index < -0.39 is 13.1 Å². The average molecular weight is 558 g/mol. The van der Waals surface area contributed by atoms with Gasteiger partial charge < -0.3 is 18.8 Å². The molecule has 0 bridgehead atoms. The third-order valence-electron chi connectivity index (χ3n) is 7.53. The van der Waals surface area contributed by atoms with Crippen molar-refractivity contribution >= 4 is 33.7 Å². The number of aromatic nitrogens is 5. The van der Waals surface area contributed by atoms with Gasteiger partial charge in [-0.05, 0) is 62.4 Å². The predicted molar refractivity (Wildman–Crippen MR) is 157 cm³/mol. The van der Waals surface area contributed by atoms with E-state index in [1.54, 1.807) is 27.1 Å². The highest BCUT2D eigenvalue weighted by Crippen LogP contribution is 2.42. The van der Waals surface area contributed by atoms with Gasteiger partial charge in [0.25, 0.3) is 5.88 Å². The number of carbonyl (C=O) groups excluding carboxylic acids is 1. The number of fused-ring (bicyclic) bond motifs is 3. The van der Waals surface area contributed by atoms with Crippen molar-refractivity contribution in [2.45, 2.75) is 38.8 Å². The van der Waals surface area contributed by atoms with Gasteiger partial charge in [0, 0.05) is 43.1 Å². The normalized spacial score (nSPS) is 16.3. The highest BCUT2D eigenvalue weighted by molar-refractivity contribution is 6.08. The average Bonchev–Trinajstić information content (AvgIpc) is 3.49. The second-order valence-electron chi connectivity index (χ2n) is 10.5. The van der Waals surface area contributed by atoms with Gasteiger partial charge in [-0.15, -0.1) is 0 Å². The zero-order chi connectivity index (χ0) is 31.0. The molecule has 10 nitrogen and oxygen atoms in total. The Morgan fingerprint density at radius 3 is 2.68 bits per heavy atom. The molecule has 1 atom stereocenters. The van der Waals surface area contributed by atoms with Crippen molar-refractivity contribution in [3.05, 3.63) is 66.4 Å². The van der Waals surface area contributed by atoms with Crippen LogP contribution in [0.15, 0.2) is 60.8 Å². The molecule has 212 valence electrons. The molecule has 0 radical (unpaired) electrons. The summed E-state index contributed by atoms with van der Waals surface area (Å²) in [4.78, 5) is 17.4. The van der Waals surface area contributed by atoms with Crippen molar-refractivity contribution in [2.24, 2.45) is 13.0 Å². The number of nitrogens with one attached hydrogen (secondary N) is 1. The fourth-order valence-corrected chi connectivity index (χ4v) is 5.80. The molecule has 0 aliphatic carbocycles. The summed E-state index contributed by atoms with van der Waals surface area (Å²) in [7, 11) is -1.02. The predicted octanol–water partition coefficient (Wildman–Crippen LogP) is 5.97. The van der Waals surface area contributed by atoms with Crippen molar-refractivity contribution in [3.63, 3.8) is 0 Å². The Hall–Kier alpha value is -4.44. The lowest BCUT2D eigenvalue weighted by molar-refractivity contribution is 0.0553. The second kappa shape index (κ2) is 11.2. The first-order chi connectivity index (χ1) is 21.1. The molecule has 1 aliphatic rings. The summed E-state index contributed by atoms with van der Waals surface area (Å²) < 4.78 is 42.9. The van der Waals surface area contributed by atoms with E-state index in [9.17, 15) is 4.79 Å². The van der Waals surface area contributed by atoms with E-state index in [2.05, 4.69) is 32.3 Å². The molecule has 1 aliphatic heterocycles. The van der Waals surface area contributed by atoms with E-state index in [0.717, 1.165) is 40.3 Å². The second-order valence-corrected chi connectivity index (χ2v) is 10.5. The number of benzene rings is 2. The van der Waals surface area contributed by atoms with Gasteiger partial charge in [-0.2, -0.15) is 0 Å². The number of pyridine rings is 1. The van der Waals surface area contributed by atoms with Gasteiger partial charge in [0.15, 0.2) is 0 Å². The van der Waals surface area contributed by atoms with Gasteiger partial charge in [0.1, 0.15) is 5.69 Å². The Bertz CT molecular complexity index is 1800. The van der Waals surface area contributed by atoms with Crippen LogP contribution in [0, 0.1) is 5.92 Å². The molecular formula is C31H34N6O4. The van der Waals surface area contributed by atoms with Gasteiger partial charge in [0.05, 0.1) is 39.8 Å². The van der Waals surface area contributed by atoms with Crippen LogP contribution in [0.4, 0.5) is 10.5 Å². The zero-order valence-electron chi connectivity index (χ0n) is 26.2. The third kappa shape index (κ3) is 5.11. The maximum absolute atomic E-state index is 12.5. The minimum Gasteiger partial charge on any atom is -0.478 e. The van der Waals surface area contributed by atoms with Gasteiger partial charge in [-0.1, -0.05) is 40.6 Å². The van der Waals surface area contributed by atoms with Crippen LogP contribution >= 0.6 is 0 Å². The van der Waals surface area contributed by atoms with E-state index in [1.807, 2.05) is 42.5 Å². The molecular weight excluding hydrogens is 520 g/mol. The zero-order valence-corrected chi connectivity index (χ0v) is 23.2. The summed E-state index contributed by atoms with van der Waals surface area (Å²) in [5.74, 6) is 0.152. The van der Waals surface area contributed by atoms with Crippen LogP contribution in [0.5, 0.6) is 5.88 Å². The maximum Gasteiger partial charge on any atom is 0.411 e. The molecule has 4 heterocycles. The molecule has 0 spiro atoms. The molecule has 1 N–H and O–H groups in total. The van der Waals surface area contributed by atoms with Gasteiger partial charge in [-0.3, -0.25) is 10.3 Å². The highest BCUT2D eigenvalue weighted by atomic mass is 16.6. The molecule has 2 aromatic carbocycles. The number of methoxy groups -OCH3 is 1. The van der Waals surface area contributed by atoms with Crippen molar-refractivity contribution in [1.29, 1.82) is 0 Å². The minimum absolute atomic E-state index is 0.0854. The first kappa shape index (κ1) is 23.3. The van der Waals surface area contributed by atoms with Crippen LogP contribution < -0.4 is 10.1 Å². The van der Waals surface area contributed by atoms with Crippen molar-refractivity contribution in [2.75, 3.05) is 25.6 Å². The molecule has 6 rings (SSSR count). The van der Waals surface area contributed by atoms with Gasteiger partial charge in [-0.25, -0.2) is 9.48 Å². The van der Waals surface area contributed by atoms with Gasteiger partial charge in [0.2, 0.25) is 0 Å². The third-order valence-corrected chi connectivity index (χ3v) is 7.53. The first-order valence-corrected chi connectivity index (χ1v) is 13.7. The SMILES string of the molecule is [2H]C([2H])([2H])Oc1nnn(C)c1-c1cnc2c3ccc(NC(=O)OC(C)C)cc3n([C@H](c3ccccc3)C3CCOCC3)c2c1. The van der Waals surface area contributed by atoms with Crippen LogP contribution in [0.3, 0.4) is 0 Å². The van der Waals surface area contributed by atoms with Crippen LogP contribution in [0.2, 0.25) is 0 Å². The van der Waals surface area contributed by atoms with E-state index in [4.69, 9.17) is 23.3 Å². The molecule has 1 saturated heterocycles. The largest absolute Gasteiger partial charge is 0.478 e. The Morgan fingerprint density at radius 1 is 1.12 bits per heavy atom. The highest BCUT2D eigenvalue weighted by Gasteiger charge is 2.30. The van der Waals surface area contributed by atoms with E-state index in [1.165, 1.54) is 4.68 Å². The van der Waals surface area contributed by atoms with Crippen LogP contribution in [0.1, 0.15) is 42.4 Å². The molecule has 3 aromatic heterocycles. The maximum atomic E-state index is 12.5. The monoisotopic (exact) mass is 557 g/mol. The Labute approximate surface area is 242 Å². The molecule has 0 saturated carbocycles. The lowest BCUT2D eigenvalue weighted by Gasteiger charge is -2.33. The quantitative estimate of drug-likeness (QED) is 0.263. The Balaban J connectivity index is 1.59. The van der Waals surface area contributed by atoms with Crippen LogP contribution in [-0.2, 0) is 16.5 Å². The number of amides is 1. The topological polar surface area (TPSA) is 105 Å². The van der Waals surface area contributed by atoms with Crippen LogP contribution in [0.25, 0.3) is 33.2 Å². The Morgan fingerprint density at radius 2 is 1.93 bits per heavy atom. The standard InChI is InChI=1S/C31H34N6O4/c1-19(2)41-31(38)33-23-10-11-24-25(17-23)37(28(20-8-6-5-7-9-20)21-12-14-40-15-13-21)26-16-22(18-32-27(24)26)29-30(39-4)34-35-36(29)3/h5-11,16-19,21,28H,12-15H2,1-4H3,(H,33,38)/t28-/m1/s1/i4D3. The molecule has 41 heavy (non-hydrogen) atoms. The number of nitrogens with zero attached hydrogens (tertiary/aromatic N) is 5. The number of ether oxygens (including phenoxy) is 3. The van der Waals surface area contributed by atoms with E-state index >= 15 is 0 Å². The molecule has 1 fully saturated rings. The fraction of sp³-hybridized carbons (Fsp3) is 0.355. The summed E-state index contributed by atoms with van der Waals surface area (Å²) in [6.45, 7) is 4.93. The number of anilines is 1. The van der Waals surface area contributed by atoms with Crippen molar-refractivity contribution in [3.8, 4) is 17.1 Å². The Kier molecular flexibility index (Phi) is 6.36. The summed E-state index contributed by atoms with van der Waals surface area (Å²) in [5, 5.41) is 11.8. The van der Waals surface area contributed by atoms with Gasteiger partial charge >= 0.3 is 6.09 Å². The number of carbonyl (C=O) groups is 1. The molecule has 10 heteroatoms. The smallest absolute Gasteiger partial charge is 0.411 e. The van der Waals surface area contributed by atoms with Crippen molar-refractivity contribution in [1.82, 2.24) is 24.5 Å². The number of hydrogen-bond acceptors (Lipinski definition) is 7. The number of aryl methyl sites for hydroxylation is 1. The molecule has 0 unspecified atom stereocenters. The lowest BCUT2D eigenvalue weighted by Crippen LogP contribution is -2.27. The van der Waals surface area contributed by atoms with E-state index in [-0.39, 0.29) is 23.9 Å². The summed E-state index contributed by atoms with van der Waals surface area (Å²) >= 11 is 0. The minimum atomic E-state index is -2.70. The van der Waals surface area contributed by atoms with E-state index in [0.29, 0.717) is 30.2 Å². The number of hydrogen-bond donors (Lipinski definition) is 1. The first-order valence-electron chi connectivity index (χ1n) is 15.2. The summed E-state index contributed by atoms with van der Waals surface area (Å²) in [6.07, 6.45) is 2.63. The lowest BCUT2D eigenvalue weighted by atomic mass is 9.86. The molecule has 1 amide bonds. The summed E-state index contributed by atoms with van der Waals surface area (Å²) in [5.41, 5.74) is 5.21. The fourth-order valence-electron chi connectivity index (χ4n) is 5.80. The molecule has 5 aromatic rings. The summed E-state index contributed by atoms with van der Waals surface area (Å²) in [6, 6.07) is 18.0. The van der Waals surface area contributed by atoms with Crippen LogP contribution in [-0.4, -0.2) is 57.0 Å². The van der Waals surface area contributed by atoms with Crippen molar-refractivity contribution < 1.29 is 23.1 Å².